The number of fused-ring (bicyclic) bond motifs is 12. The van der Waals surface area contributed by atoms with Crippen molar-refractivity contribution in [1.82, 2.24) is 4.48 Å². The molecule has 33 heavy (non-hydrogen) atoms. The van der Waals surface area contributed by atoms with Crippen molar-refractivity contribution in [3.8, 4) is 0 Å². The first-order valence-corrected chi connectivity index (χ1v) is 11.7. The third kappa shape index (κ3) is 1.79. The Morgan fingerprint density at radius 1 is 0.758 bits per heavy atom. The van der Waals surface area contributed by atoms with E-state index in [0.29, 0.717) is 11.7 Å². The van der Waals surface area contributed by atoms with E-state index in [1.807, 2.05) is 0 Å². The fourth-order valence-electron chi connectivity index (χ4n) is 7.11. The topological polar surface area (TPSA) is 18.1 Å². The van der Waals surface area contributed by atoms with Gasteiger partial charge in [-0.2, -0.15) is 0 Å². The van der Waals surface area contributed by atoms with Crippen molar-refractivity contribution in [2.45, 2.75) is 11.7 Å². The molecule has 2 unspecified atom stereocenters. The summed E-state index contributed by atoms with van der Waals surface area (Å²) in [6.07, 6.45) is 7.02. The zero-order valence-electron chi connectivity index (χ0n) is 17.8. The predicted octanol–water partition coefficient (Wildman–Crippen LogP) is 6.87. The standard InChI is InChI=1S/C30H18BNO/c1-3-13-25-17(7-1)20-10-6-11-21-19-9-5-12-23-27-24(31(28(19)23)32(25)29(20)21)16-15-22-18-8-2-4-14-26(18)33-30(22)27/h1-16,23,28H. The molecule has 0 radical (unpaired) electrons. The van der Waals surface area contributed by atoms with E-state index in [2.05, 4.69) is 102 Å². The van der Waals surface area contributed by atoms with E-state index >= 15 is 0 Å². The summed E-state index contributed by atoms with van der Waals surface area (Å²) in [4.78, 5) is 0. The average Bonchev–Trinajstić information content (AvgIpc) is 3.51. The van der Waals surface area contributed by atoms with E-state index < -0.39 is 0 Å². The Balaban J connectivity index is 1.48. The first-order chi connectivity index (χ1) is 16.4. The molecule has 3 heteroatoms. The van der Waals surface area contributed by atoms with E-state index in [4.69, 9.17) is 4.42 Å². The van der Waals surface area contributed by atoms with Crippen LogP contribution in [0.2, 0.25) is 5.82 Å². The Labute approximate surface area is 190 Å². The molecule has 2 atom stereocenters. The number of nitrogens with zero attached hydrogens (tertiary/aromatic N) is 1. The molecule has 0 amide bonds. The Morgan fingerprint density at radius 2 is 1.61 bits per heavy atom. The Kier molecular flexibility index (Phi) is 2.77. The van der Waals surface area contributed by atoms with Crippen LogP contribution in [-0.4, -0.2) is 11.3 Å². The summed E-state index contributed by atoms with van der Waals surface area (Å²) in [6.45, 7) is 0.274. The minimum absolute atomic E-state index is 0.274. The minimum Gasteiger partial charge on any atom is -0.456 e. The molecule has 3 aliphatic rings. The quantitative estimate of drug-likeness (QED) is 0.246. The second-order valence-electron chi connectivity index (χ2n) is 9.64. The van der Waals surface area contributed by atoms with Crippen LogP contribution in [0.4, 0.5) is 0 Å². The maximum absolute atomic E-state index is 6.55. The summed E-state index contributed by atoms with van der Waals surface area (Å²) in [5.74, 6) is 0.705. The van der Waals surface area contributed by atoms with E-state index in [-0.39, 0.29) is 6.85 Å². The predicted molar refractivity (Wildman–Crippen MR) is 138 cm³/mol. The molecule has 0 spiro atoms. The molecule has 6 aromatic rings. The number of hydrogen-bond acceptors (Lipinski definition) is 1. The van der Waals surface area contributed by atoms with Crippen LogP contribution in [-0.2, 0) is 0 Å². The van der Waals surface area contributed by atoms with Crippen molar-refractivity contribution >= 4 is 61.6 Å². The van der Waals surface area contributed by atoms with Crippen LogP contribution in [0.5, 0.6) is 0 Å². The minimum atomic E-state index is 0.274. The molecule has 0 bridgehead atoms. The van der Waals surface area contributed by atoms with Gasteiger partial charge in [0.15, 0.2) is 0 Å². The number of furan rings is 1. The van der Waals surface area contributed by atoms with Gasteiger partial charge >= 0.3 is 6.85 Å². The van der Waals surface area contributed by atoms with Crippen molar-refractivity contribution in [2.24, 2.45) is 0 Å². The molecule has 2 nitrogen and oxygen atoms in total. The van der Waals surface area contributed by atoms with Gasteiger partial charge < -0.3 is 8.90 Å². The maximum atomic E-state index is 6.55. The summed E-state index contributed by atoms with van der Waals surface area (Å²) in [6, 6.07) is 28.8. The molecule has 1 aliphatic carbocycles. The Bertz CT molecular complexity index is 1900. The SMILES string of the molecule is C1=CC2c3c(ccc4c3oc3ccccc34)B3C2C(=C1)c1cccc2c4ccccc4n3c12. The first kappa shape index (κ1) is 16.6. The third-order valence-electron chi connectivity index (χ3n) is 8.27. The van der Waals surface area contributed by atoms with E-state index in [1.54, 1.807) is 0 Å². The summed E-state index contributed by atoms with van der Waals surface area (Å²) in [5.41, 5.74) is 10.4. The lowest BCUT2D eigenvalue weighted by atomic mass is 9.44. The van der Waals surface area contributed by atoms with Gasteiger partial charge in [0, 0.05) is 44.1 Å². The normalized spacial score (nSPS) is 20.1. The molecule has 0 saturated heterocycles. The molecule has 4 heterocycles. The van der Waals surface area contributed by atoms with Gasteiger partial charge in [0.25, 0.3) is 0 Å². The summed E-state index contributed by atoms with van der Waals surface area (Å²) in [5, 5.41) is 5.13. The van der Waals surface area contributed by atoms with Gasteiger partial charge in [-0.05, 0) is 34.5 Å². The average molecular weight is 419 g/mol. The van der Waals surface area contributed by atoms with Crippen LogP contribution in [0, 0.1) is 0 Å². The van der Waals surface area contributed by atoms with E-state index in [1.165, 1.54) is 54.7 Å². The van der Waals surface area contributed by atoms with Crippen molar-refractivity contribution in [3.05, 3.63) is 108 Å². The molecule has 2 aromatic heterocycles. The van der Waals surface area contributed by atoms with Gasteiger partial charge in [-0.15, -0.1) is 0 Å². The van der Waals surface area contributed by atoms with Gasteiger partial charge in [-0.1, -0.05) is 85.0 Å². The lowest BCUT2D eigenvalue weighted by Gasteiger charge is -2.33. The summed E-state index contributed by atoms with van der Waals surface area (Å²) >= 11 is 0. The van der Waals surface area contributed by atoms with Crippen LogP contribution >= 0.6 is 0 Å². The lowest BCUT2D eigenvalue weighted by Crippen LogP contribution is -2.41. The van der Waals surface area contributed by atoms with Crippen molar-refractivity contribution < 1.29 is 4.42 Å². The largest absolute Gasteiger partial charge is 0.456 e. The van der Waals surface area contributed by atoms with Crippen molar-refractivity contribution in [2.75, 3.05) is 0 Å². The number of benzene rings is 4. The van der Waals surface area contributed by atoms with Crippen LogP contribution in [0.1, 0.15) is 17.0 Å². The maximum Gasteiger partial charge on any atom is 0.303 e. The molecular weight excluding hydrogens is 401 g/mol. The van der Waals surface area contributed by atoms with Gasteiger partial charge in [0.1, 0.15) is 11.2 Å². The fourth-order valence-corrected chi connectivity index (χ4v) is 7.11. The van der Waals surface area contributed by atoms with Crippen molar-refractivity contribution in [3.63, 3.8) is 0 Å². The van der Waals surface area contributed by atoms with Gasteiger partial charge in [-0.3, -0.25) is 0 Å². The van der Waals surface area contributed by atoms with Crippen LogP contribution in [0.15, 0.2) is 102 Å². The molecule has 152 valence electrons. The Morgan fingerprint density at radius 3 is 2.58 bits per heavy atom. The molecule has 0 fully saturated rings. The first-order valence-electron chi connectivity index (χ1n) is 11.7. The molecule has 4 aromatic carbocycles. The third-order valence-corrected chi connectivity index (χ3v) is 8.27. The fraction of sp³-hybridized carbons (Fsp3) is 0.0667. The van der Waals surface area contributed by atoms with E-state index in [9.17, 15) is 0 Å². The van der Waals surface area contributed by atoms with E-state index in [0.717, 1.165) is 11.2 Å². The number of aromatic nitrogens is 1. The molecule has 2 aliphatic heterocycles. The number of allylic oxidation sites excluding steroid dienone is 4. The highest BCUT2D eigenvalue weighted by Gasteiger charge is 2.51. The second-order valence-corrected chi connectivity index (χ2v) is 9.64. The lowest BCUT2D eigenvalue weighted by molar-refractivity contribution is 0.660. The highest BCUT2D eigenvalue weighted by Crippen LogP contribution is 2.56. The highest BCUT2D eigenvalue weighted by molar-refractivity contribution is 6.79. The monoisotopic (exact) mass is 419 g/mol. The number of rotatable bonds is 0. The van der Waals surface area contributed by atoms with Gasteiger partial charge in [0.05, 0.1) is 0 Å². The highest BCUT2D eigenvalue weighted by atomic mass is 16.3. The molecule has 0 N–H and O–H groups in total. The van der Waals surface area contributed by atoms with Gasteiger partial charge in [0.2, 0.25) is 0 Å². The summed E-state index contributed by atoms with van der Waals surface area (Å²) < 4.78 is 9.18. The zero-order valence-corrected chi connectivity index (χ0v) is 17.8. The molecule has 0 saturated carbocycles. The number of hydrogen-bond donors (Lipinski definition) is 0. The second kappa shape index (κ2) is 5.50. The molecule has 9 rings (SSSR count). The smallest absolute Gasteiger partial charge is 0.303 e. The molecular formula is C30H18BNO. The van der Waals surface area contributed by atoms with Gasteiger partial charge in [-0.25, -0.2) is 0 Å². The van der Waals surface area contributed by atoms with Crippen molar-refractivity contribution in [1.29, 1.82) is 0 Å². The zero-order chi connectivity index (χ0) is 21.3. The Hall–Kier alpha value is -3.98. The number of para-hydroxylation sites is 3. The van der Waals surface area contributed by atoms with Crippen LogP contribution in [0.25, 0.3) is 49.3 Å². The van der Waals surface area contributed by atoms with Crippen LogP contribution in [0.3, 0.4) is 0 Å². The summed E-state index contributed by atoms with van der Waals surface area (Å²) in [7, 11) is 0. The van der Waals surface area contributed by atoms with Crippen LogP contribution < -0.4 is 5.46 Å².